The van der Waals surface area contributed by atoms with Gasteiger partial charge in [-0.25, -0.2) is 0 Å². The molecule has 0 amide bonds. The van der Waals surface area contributed by atoms with E-state index in [0.29, 0.717) is 0 Å². The highest BCUT2D eigenvalue weighted by Crippen LogP contribution is 2.27. The second-order valence-electron chi connectivity index (χ2n) is 3.59. The predicted molar refractivity (Wildman–Crippen MR) is 65.0 cm³/mol. The molecule has 2 aromatic heterocycles. The molecule has 86 valence electrons. The molecule has 16 heavy (non-hydrogen) atoms. The fraction of sp³-hybridized carbons (Fsp3) is 0.364. The van der Waals surface area contributed by atoms with Crippen molar-refractivity contribution in [1.29, 1.82) is 0 Å². The van der Waals surface area contributed by atoms with Gasteiger partial charge in [-0.05, 0) is 34.5 Å². The van der Waals surface area contributed by atoms with Crippen molar-refractivity contribution in [3.63, 3.8) is 0 Å². The van der Waals surface area contributed by atoms with Gasteiger partial charge in [0.05, 0.1) is 22.6 Å². The summed E-state index contributed by atoms with van der Waals surface area (Å²) in [6.07, 6.45) is 4.42. The number of furan rings is 1. The van der Waals surface area contributed by atoms with E-state index < -0.39 is 0 Å². The Bertz CT molecular complexity index is 450. The number of aryl methyl sites for hydroxylation is 1. The Morgan fingerprint density at radius 3 is 3.06 bits per heavy atom. The first kappa shape index (κ1) is 11.4. The molecule has 0 fully saturated rings. The third-order valence-corrected chi connectivity index (χ3v) is 3.02. The van der Waals surface area contributed by atoms with Gasteiger partial charge >= 0.3 is 0 Å². The van der Waals surface area contributed by atoms with Gasteiger partial charge in [0.1, 0.15) is 11.8 Å². The second-order valence-corrected chi connectivity index (χ2v) is 4.45. The average Bonchev–Trinajstić information content (AvgIpc) is 2.88. The first-order valence-corrected chi connectivity index (χ1v) is 6.03. The van der Waals surface area contributed by atoms with E-state index in [-0.39, 0.29) is 6.04 Å². The smallest absolute Gasteiger partial charge is 0.126 e. The molecule has 1 atom stereocenters. The van der Waals surface area contributed by atoms with Gasteiger partial charge in [-0.3, -0.25) is 4.68 Å². The zero-order valence-corrected chi connectivity index (χ0v) is 10.6. The third kappa shape index (κ3) is 2.05. The molecule has 0 aliphatic heterocycles. The molecular weight excluding hydrogens is 270 g/mol. The minimum Gasteiger partial charge on any atom is -0.467 e. The van der Waals surface area contributed by atoms with Crippen LogP contribution in [0.1, 0.15) is 30.8 Å². The molecule has 0 saturated heterocycles. The van der Waals surface area contributed by atoms with Crippen molar-refractivity contribution in [3.8, 4) is 0 Å². The van der Waals surface area contributed by atoms with Crippen LogP contribution in [0, 0.1) is 0 Å². The predicted octanol–water partition coefficient (Wildman–Crippen LogP) is 2.70. The first-order chi connectivity index (χ1) is 7.74. The van der Waals surface area contributed by atoms with Gasteiger partial charge in [0.2, 0.25) is 0 Å². The van der Waals surface area contributed by atoms with Crippen LogP contribution in [0.4, 0.5) is 0 Å². The Balaban J connectivity index is 2.35. The number of halogens is 1. The first-order valence-electron chi connectivity index (χ1n) is 5.24. The number of rotatable bonds is 4. The Hall–Kier alpha value is -1.07. The van der Waals surface area contributed by atoms with Gasteiger partial charge < -0.3 is 10.2 Å². The van der Waals surface area contributed by atoms with Crippen molar-refractivity contribution in [2.24, 2.45) is 5.73 Å². The minimum atomic E-state index is -0.279. The topological polar surface area (TPSA) is 57.0 Å². The van der Waals surface area contributed by atoms with Crippen molar-refractivity contribution in [1.82, 2.24) is 9.78 Å². The maximum absolute atomic E-state index is 6.15. The van der Waals surface area contributed by atoms with E-state index in [0.717, 1.165) is 28.9 Å². The highest BCUT2D eigenvalue weighted by molar-refractivity contribution is 9.10. The second kappa shape index (κ2) is 4.84. The molecule has 0 aromatic carbocycles. The molecule has 0 aliphatic rings. The lowest BCUT2D eigenvalue weighted by Gasteiger charge is -2.12. The highest BCUT2D eigenvalue weighted by atomic mass is 79.9. The molecule has 4 nitrogen and oxygen atoms in total. The van der Waals surface area contributed by atoms with E-state index in [4.69, 9.17) is 10.2 Å². The largest absolute Gasteiger partial charge is 0.467 e. The van der Waals surface area contributed by atoms with Gasteiger partial charge in [0.25, 0.3) is 0 Å². The van der Waals surface area contributed by atoms with E-state index >= 15 is 0 Å². The maximum atomic E-state index is 6.15. The molecule has 0 spiro atoms. The summed E-state index contributed by atoms with van der Waals surface area (Å²) in [6, 6.07) is 3.43. The number of aromatic nitrogens is 2. The quantitative estimate of drug-likeness (QED) is 0.939. The van der Waals surface area contributed by atoms with Crippen molar-refractivity contribution in [2.75, 3.05) is 0 Å². The third-order valence-electron chi connectivity index (χ3n) is 2.41. The fourth-order valence-corrected chi connectivity index (χ4v) is 2.22. The zero-order valence-electron chi connectivity index (χ0n) is 9.06. The lowest BCUT2D eigenvalue weighted by Crippen LogP contribution is -2.17. The van der Waals surface area contributed by atoms with E-state index in [1.165, 1.54) is 0 Å². The Kier molecular flexibility index (Phi) is 3.46. The van der Waals surface area contributed by atoms with Gasteiger partial charge in [-0.1, -0.05) is 6.92 Å². The van der Waals surface area contributed by atoms with Crippen LogP contribution < -0.4 is 5.73 Å². The standard InChI is InChI=1S/C11H14BrN3O/c1-2-5-15-11(8(12)7-14-15)10(13)9-4-3-6-16-9/h3-4,6-7,10H,2,5,13H2,1H3. The van der Waals surface area contributed by atoms with E-state index in [9.17, 15) is 0 Å². The normalized spacial score (nSPS) is 12.9. The van der Waals surface area contributed by atoms with Crippen LogP contribution >= 0.6 is 15.9 Å². The maximum Gasteiger partial charge on any atom is 0.126 e. The summed E-state index contributed by atoms with van der Waals surface area (Å²) in [4.78, 5) is 0. The van der Waals surface area contributed by atoms with Crippen molar-refractivity contribution in [2.45, 2.75) is 25.9 Å². The molecular formula is C11H14BrN3O. The van der Waals surface area contributed by atoms with Crippen molar-refractivity contribution in [3.05, 3.63) is 40.5 Å². The summed E-state index contributed by atoms with van der Waals surface area (Å²) in [5.41, 5.74) is 7.11. The van der Waals surface area contributed by atoms with Gasteiger partial charge in [-0.2, -0.15) is 5.10 Å². The average molecular weight is 284 g/mol. The van der Waals surface area contributed by atoms with E-state index in [1.807, 2.05) is 16.8 Å². The van der Waals surface area contributed by atoms with E-state index in [1.54, 1.807) is 12.5 Å². The molecule has 0 bridgehead atoms. The van der Waals surface area contributed by atoms with Crippen LogP contribution in [0.3, 0.4) is 0 Å². The Morgan fingerprint density at radius 1 is 1.62 bits per heavy atom. The molecule has 5 heteroatoms. The molecule has 1 unspecified atom stereocenters. The number of hydrogen-bond donors (Lipinski definition) is 1. The summed E-state index contributed by atoms with van der Waals surface area (Å²) >= 11 is 3.47. The number of hydrogen-bond acceptors (Lipinski definition) is 3. The number of nitrogens with zero attached hydrogens (tertiary/aromatic N) is 2. The van der Waals surface area contributed by atoms with Gasteiger partial charge in [0.15, 0.2) is 0 Å². The SMILES string of the molecule is CCCn1ncc(Br)c1C(N)c1ccco1. The highest BCUT2D eigenvalue weighted by Gasteiger charge is 2.19. The molecule has 2 N–H and O–H groups in total. The summed E-state index contributed by atoms with van der Waals surface area (Å²) in [7, 11) is 0. The van der Waals surface area contributed by atoms with Gasteiger partial charge in [-0.15, -0.1) is 0 Å². The van der Waals surface area contributed by atoms with Crippen molar-refractivity contribution >= 4 is 15.9 Å². The minimum absolute atomic E-state index is 0.279. The van der Waals surface area contributed by atoms with Crippen molar-refractivity contribution < 1.29 is 4.42 Å². The summed E-state index contributed by atoms with van der Waals surface area (Å²) in [6.45, 7) is 2.97. The summed E-state index contributed by atoms with van der Waals surface area (Å²) in [5, 5.41) is 4.28. The van der Waals surface area contributed by atoms with Crippen LogP contribution in [0.2, 0.25) is 0 Å². The molecule has 2 aromatic rings. The molecule has 2 rings (SSSR count). The number of nitrogens with two attached hydrogens (primary N) is 1. The van der Waals surface area contributed by atoms with Crippen LogP contribution in [-0.2, 0) is 6.54 Å². The molecule has 0 saturated carbocycles. The molecule has 0 radical (unpaired) electrons. The molecule has 0 aliphatic carbocycles. The Morgan fingerprint density at radius 2 is 2.44 bits per heavy atom. The monoisotopic (exact) mass is 283 g/mol. The molecule has 2 heterocycles. The lowest BCUT2D eigenvalue weighted by molar-refractivity contribution is 0.467. The lowest BCUT2D eigenvalue weighted by atomic mass is 10.1. The Labute approximate surface area is 103 Å². The summed E-state index contributed by atoms with van der Waals surface area (Å²) < 4.78 is 8.16. The fourth-order valence-electron chi connectivity index (χ4n) is 1.67. The van der Waals surface area contributed by atoms with Crippen LogP contribution in [0.25, 0.3) is 0 Å². The van der Waals surface area contributed by atoms with Crippen LogP contribution in [0.5, 0.6) is 0 Å². The van der Waals surface area contributed by atoms with Crippen LogP contribution in [-0.4, -0.2) is 9.78 Å². The van der Waals surface area contributed by atoms with Gasteiger partial charge in [0, 0.05) is 6.54 Å². The summed E-state index contributed by atoms with van der Waals surface area (Å²) in [5.74, 6) is 0.749. The zero-order chi connectivity index (χ0) is 11.5. The van der Waals surface area contributed by atoms with E-state index in [2.05, 4.69) is 28.0 Å². The van der Waals surface area contributed by atoms with Crippen LogP contribution in [0.15, 0.2) is 33.5 Å².